The molecule has 1 unspecified atom stereocenters. The van der Waals surface area contributed by atoms with Crippen LogP contribution in [0, 0.1) is 0 Å². The molecule has 1 aliphatic heterocycles. The fraction of sp³-hybridized carbons (Fsp3) is 0.364. The third kappa shape index (κ3) is 5.55. The van der Waals surface area contributed by atoms with E-state index in [-0.39, 0.29) is 6.61 Å². The average molecular weight is 531 g/mol. The third-order valence-corrected chi connectivity index (χ3v) is 6.10. The number of aliphatic hydroxyl groups excluding tert-OH is 2. The summed E-state index contributed by atoms with van der Waals surface area (Å²) >= 11 is 0. The molecule has 0 amide bonds. The number of fused-ring (bicyclic) bond motifs is 1. The summed E-state index contributed by atoms with van der Waals surface area (Å²) in [6.07, 6.45) is -0.00592. The normalized spacial score (nSPS) is 23.4. The summed E-state index contributed by atoms with van der Waals surface area (Å²) in [5, 5.41) is 28.7. The van der Waals surface area contributed by atoms with Gasteiger partial charge in [0.15, 0.2) is 29.0 Å². The molecule has 196 valence electrons. The van der Waals surface area contributed by atoms with Gasteiger partial charge in [-0.15, -0.1) is 4.67 Å². The number of aryl methyl sites for hydroxylation is 1. The first-order valence-corrected chi connectivity index (χ1v) is 13.4. The number of benzene rings is 1. The number of imidazole rings is 1. The van der Waals surface area contributed by atoms with Gasteiger partial charge in [0, 0.05) is 26.5 Å². The molecule has 14 nitrogen and oxygen atoms in total. The first-order chi connectivity index (χ1) is 17.7. The molecule has 1 fully saturated rings. The summed E-state index contributed by atoms with van der Waals surface area (Å²) in [6.45, 7) is 1.05. The van der Waals surface area contributed by atoms with E-state index in [9.17, 15) is 19.7 Å². The minimum Gasteiger partial charge on any atom is -0.387 e. The minimum atomic E-state index is -3.89. The monoisotopic (exact) mass is 531 g/mol. The molecule has 1 saturated heterocycles. The average Bonchev–Trinajstić information content (AvgIpc) is 3.56. The van der Waals surface area contributed by atoms with E-state index in [1.807, 2.05) is 30.3 Å². The van der Waals surface area contributed by atoms with Crippen LogP contribution in [-0.2, 0) is 32.5 Å². The molecular weight excluding hydrogens is 505 g/mol. The Balaban J connectivity index is 1.47. The van der Waals surface area contributed by atoms with E-state index < -0.39 is 32.1 Å². The Bertz CT molecular complexity index is 1420. The third-order valence-electron chi connectivity index (χ3n) is 5.72. The Labute approximate surface area is 210 Å². The van der Waals surface area contributed by atoms with E-state index in [2.05, 4.69) is 30.0 Å². The Morgan fingerprint density at radius 2 is 1.97 bits per heavy atom. The predicted molar refractivity (Wildman–Crippen MR) is 130 cm³/mol. The number of aliphatic hydroxyl groups is 2. The predicted octanol–water partition coefficient (Wildman–Crippen LogP) is 1.22. The second kappa shape index (κ2) is 10.3. The largest absolute Gasteiger partial charge is 0.387 e. The highest BCUT2D eigenvalue weighted by atomic mass is 31.2. The van der Waals surface area contributed by atoms with Gasteiger partial charge in [-0.2, -0.15) is 5.10 Å². The van der Waals surface area contributed by atoms with Crippen LogP contribution in [0.5, 0.6) is 0 Å². The fourth-order valence-corrected chi connectivity index (χ4v) is 4.22. The van der Waals surface area contributed by atoms with E-state index in [4.69, 9.17) is 9.62 Å². The van der Waals surface area contributed by atoms with Gasteiger partial charge in [0.2, 0.25) is 0 Å². The van der Waals surface area contributed by atoms with Crippen LogP contribution in [0.4, 0.5) is 5.82 Å². The van der Waals surface area contributed by atoms with Crippen LogP contribution in [0.3, 0.4) is 0 Å². The van der Waals surface area contributed by atoms with Crippen molar-refractivity contribution in [2.75, 3.05) is 18.6 Å². The number of hydrogen-bond donors (Lipinski definition) is 4. The first kappa shape index (κ1) is 25.4. The summed E-state index contributed by atoms with van der Waals surface area (Å²) in [5.41, 5.74) is 2.50. The number of aromatic nitrogens is 6. The van der Waals surface area contributed by atoms with Crippen molar-refractivity contribution in [1.29, 1.82) is 0 Å². The number of nitrogens with zero attached hydrogens (tertiary/aromatic N) is 6. The Hall–Kier alpha value is -3.23. The molecule has 0 saturated carbocycles. The van der Waals surface area contributed by atoms with Crippen molar-refractivity contribution in [1.82, 2.24) is 29.3 Å². The van der Waals surface area contributed by atoms with Crippen LogP contribution in [0.25, 0.3) is 22.6 Å². The molecule has 4 heterocycles. The quantitative estimate of drug-likeness (QED) is 0.138. The van der Waals surface area contributed by atoms with Crippen LogP contribution in [-0.4, -0.2) is 76.0 Å². The lowest BCUT2D eigenvalue weighted by Gasteiger charge is -2.17. The highest BCUT2D eigenvalue weighted by molar-refractivity contribution is 7.51. The van der Waals surface area contributed by atoms with Crippen molar-refractivity contribution in [3.63, 3.8) is 0 Å². The zero-order valence-electron chi connectivity index (χ0n) is 19.9. The molecule has 0 spiro atoms. The Morgan fingerprint density at radius 1 is 1.19 bits per heavy atom. The number of nitrogens with one attached hydrogen (secondary N) is 1. The topological polar surface area (TPSA) is 179 Å². The summed E-state index contributed by atoms with van der Waals surface area (Å²) in [5.74, 6) is 0.843. The summed E-state index contributed by atoms with van der Waals surface area (Å²) in [4.78, 5) is 27.7. The van der Waals surface area contributed by atoms with E-state index in [0.29, 0.717) is 34.9 Å². The smallest absolute Gasteiger partial charge is 0.352 e. The molecule has 5 atom stereocenters. The second-order valence-electron chi connectivity index (χ2n) is 8.67. The van der Waals surface area contributed by atoms with E-state index >= 15 is 0 Å². The van der Waals surface area contributed by atoms with Crippen molar-refractivity contribution >= 4 is 24.6 Å². The number of anilines is 1. The minimum absolute atomic E-state index is 0.354. The number of hydrogen-bond acceptors (Lipinski definition) is 11. The Morgan fingerprint density at radius 3 is 2.68 bits per heavy atom. The van der Waals surface area contributed by atoms with Crippen molar-refractivity contribution in [2.24, 2.45) is 7.05 Å². The van der Waals surface area contributed by atoms with Gasteiger partial charge < -0.3 is 25.2 Å². The van der Waals surface area contributed by atoms with Crippen LogP contribution in [0.15, 0.2) is 49.1 Å². The molecule has 0 radical (unpaired) electrons. The lowest BCUT2D eigenvalue weighted by Crippen LogP contribution is -2.33. The second-order valence-corrected chi connectivity index (χ2v) is 10.4. The van der Waals surface area contributed by atoms with Crippen LogP contribution in [0.1, 0.15) is 11.8 Å². The van der Waals surface area contributed by atoms with Gasteiger partial charge in [0.05, 0.1) is 18.1 Å². The zero-order chi connectivity index (χ0) is 26.2. The van der Waals surface area contributed by atoms with Gasteiger partial charge in [0.1, 0.15) is 24.9 Å². The maximum Gasteiger partial charge on any atom is 0.352 e. The zero-order valence-corrected chi connectivity index (χ0v) is 20.8. The lowest BCUT2D eigenvalue weighted by atomic mass is 10.1. The highest BCUT2D eigenvalue weighted by Gasteiger charge is 2.45. The van der Waals surface area contributed by atoms with Crippen molar-refractivity contribution in [2.45, 2.75) is 31.1 Å². The summed E-state index contributed by atoms with van der Waals surface area (Å²) in [6, 6.07) is 9.78. The van der Waals surface area contributed by atoms with E-state index in [1.54, 1.807) is 24.1 Å². The SMILES string of the molecule is Cn1cc(-c2nc(NCc3ccccc3)c3ncn([C@@H]4O[C@H](COOP(C)(=O)O)[C@@H](O)[C@H]4O)c3n2)cn1. The molecule has 1 aliphatic rings. The number of ether oxygens (including phenoxy) is 1. The van der Waals surface area contributed by atoms with Gasteiger partial charge in [0.25, 0.3) is 0 Å². The van der Waals surface area contributed by atoms with Gasteiger partial charge in [-0.3, -0.25) is 13.8 Å². The maximum atomic E-state index is 11.3. The van der Waals surface area contributed by atoms with Gasteiger partial charge in [-0.25, -0.2) is 19.8 Å². The van der Waals surface area contributed by atoms with Crippen LogP contribution >= 0.6 is 7.60 Å². The van der Waals surface area contributed by atoms with E-state index in [0.717, 1.165) is 12.2 Å². The molecule has 37 heavy (non-hydrogen) atoms. The maximum absolute atomic E-state index is 11.3. The fourth-order valence-electron chi connectivity index (χ4n) is 3.97. The number of rotatable bonds is 9. The standard InChI is InChI=1S/C22H26N7O7P/c1-28-10-14(9-25-28)19-26-20(23-8-13-6-4-3-5-7-13)16-21(27-19)29(12-24-16)22-18(31)17(30)15(35-22)11-34-36-37(2,32)33/h3-7,9-10,12,15,17-18,22,30-31H,8,11H2,1-2H3,(H,32,33)(H,23,26,27)/t15-,17-,18-,22-/m1/s1. The molecule has 1 aromatic carbocycles. The first-order valence-electron chi connectivity index (χ1n) is 11.3. The molecule has 3 aromatic heterocycles. The lowest BCUT2D eigenvalue weighted by molar-refractivity contribution is -0.238. The van der Waals surface area contributed by atoms with Gasteiger partial charge in [-0.05, 0) is 5.56 Å². The molecule has 5 rings (SSSR count). The molecule has 4 N–H and O–H groups in total. The van der Waals surface area contributed by atoms with Crippen LogP contribution in [0.2, 0.25) is 0 Å². The molecule has 0 bridgehead atoms. The Kier molecular flexibility index (Phi) is 7.05. The van der Waals surface area contributed by atoms with Crippen LogP contribution < -0.4 is 5.32 Å². The summed E-state index contributed by atoms with van der Waals surface area (Å²) in [7, 11) is -2.11. The van der Waals surface area contributed by atoms with Gasteiger partial charge >= 0.3 is 7.60 Å². The summed E-state index contributed by atoms with van der Waals surface area (Å²) < 4.78 is 24.6. The molecule has 0 aliphatic carbocycles. The highest BCUT2D eigenvalue weighted by Crippen LogP contribution is 2.38. The van der Waals surface area contributed by atoms with Crippen molar-refractivity contribution in [3.05, 3.63) is 54.6 Å². The van der Waals surface area contributed by atoms with Crippen molar-refractivity contribution < 1.29 is 34.0 Å². The molecule has 4 aromatic rings. The molecular formula is C22H26N7O7P. The van der Waals surface area contributed by atoms with Crippen molar-refractivity contribution in [3.8, 4) is 11.4 Å². The van der Waals surface area contributed by atoms with E-state index in [1.165, 1.54) is 10.9 Å². The van der Waals surface area contributed by atoms with Gasteiger partial charge in [-0.1, -0.05) is 30.3 Å². The molecule has 15 heteroatoms.